The number of amides is 1. The number of carbonyl (C=O) groups excluding carboxylic acids is 1. The Hall–Kier alpha value is -1.69. The van der Waals surface area contributed by atoms with Gasteiger partial charge in [-0.1, -0.05) is 25.0 Å². The van der Waals surface area contributed by atoms with Crippen molar-refractivity contribution in [2.45, 2.75) is 57.3 Å². The molecular weight excluding hydrogens is 314 g/mol. The van der Waals surface area contributed by atoms with Crippen LogP contribution in [0, 0.1) is 5.92 Å². The molecule has 1 heterocycles. The molecule has 1 N–H and O–H groups in total. The van der Waals surface area contributed by atoms with Crippen LogP contribution in [0.4, 0.5) is 8.78 Å². The number of hydrogen-bond donors (Lipinski definition) is 1. The van der Waals surface area contributed by atoms with Crippen LogP contribution in [0.3, 0.4) is 0 Å². The zero-order valence-corrected chi connectivity index (χ0v) is 13.9. The van der Waals surface area contributed by atoms with Gasteiger partial charge in [-0.25, -0.2) is 0 Å². The smallest absolute Gasteiger partial charge is 0.387 e. The highest BCUT2D eigenvalue weighted by atomic mass is 19.3. The van der Waals surface area contributed by atoms with E-state index < -0.39 is 6.61 Å². The maximum Gasteiger partial charge on any atom is 0.387 e. The number of nitrogens with one attached hydrogen (secondary N) is 1. The van der Waals surface area contributed by atoms with Gasteiger partial charge in [0.05, 0.1) is 6.04 Å². The lowest BCUT2D eigenvalue weighted by Crippen LogP contribution is -2.43. The van der Waals surface area contributed by atoms with Gasteiger partial charge in [0.25, 0.3) is 0 Å². The molecule has 1 amide bonds. The summed E-state index contributed by atoms with van der Waals surface area (Å²) in [6, 6.07) is 6.83. The van der Waals surface area contributed by atoms with Crippen molar-refractivity contribution in [1.29, 1.82) is 0 Å². The van der Waals surface area contributed by atoms with Crippen LogP contribution in [0.5, 0.6) is 5.75 Å². The van der Waals surface area contributed by atoms with E-state index in [2.05, 4.69) is 10.1 Å². The first-order valence-electron chi connectivity index (χ1n) is 8.57. The highest BCUT2D eigenvalue weighted by molar-refractivity contribution is 5.82. The molecule has 1 aromatic carbocycles. The topological polar surface area (TPSA) is 41.6 Å². The summed E-state index contributed by atoms with van der Waals surface area (Å²) in [5.74, 6) is 0.869. The fourth-order valence-electron chi connectivity index (χ4n) is 3.90. The van der Waals surface area contributed by atoms with Crippen LogP contribution in [-0.2, 0) is 11.3 Å². The Kier molecular flexibility index (Phi) is 5.33. The first kappa shape index (κ1) is 17.1. The molecule has 1 aliphatic heterocycles. The van der Waals surface area contributed by atoms with Crippen LogP contribution >= 0.6 is 0 Å². The molecule has 3 rings (SSSR count). The van der Waals surface area contributed by atoms with Crippen molar-refractivity contribution in [3.63, 3.8) is 0 Å². The van der Waals surface area contributed by atoms with Crippen LogP contribution in [0.25, 0.3) is 0 Å². The van der Waals surface area contributed by atoms with E-state index in [1.807, 2.05) is 0 Å². The monoisotopic (exact) mass is 338 g/mol. The van der Waals surface area contributed by atoms with Crippen molar-refractivity contribution in [3.05, 3.63) is 29.8 Å². The van der Waals surface area contributed by atoms with Crippen molar-refractivity contribution in [3.8, 4) is 5.75 Å². The summed E-state index contributed by atoms with van der Waals surface area (Å²) in [4.78, 5) is 14.4. The molecule has 132 valence electrons. The fourth-order valence-corrected chi connectivity index (χ4v) is 3.90. The Labute approximate surface area is 141 Å². The minimum atomic E-state index is -2.82. The van der Waals surface area contributed by atoms with E-state index in [9.17, 15) is 13.6 Å². The standard InChI is InChI=1S/C18H24F2N2O2/c1-22(11-12-6-8-14(9-7-12)24-18(19)20)17(23)16-10-13-4-2-3-5-15(13)21-16/h6-9,13,15-16,18,21H,2-5,10-11H2,1H3. The number of fused-ring (bicyclic) bond motifs is 1. The molecule has 3 atom stereocenters. The minimum Gasteiger partial charge on any atom is -0.435 e. The van der Waals surface area contributed by atoms with Crippen LogP contribution < -0.4 is 10.1 Å². The Bertz CT molecular complexity index is 551. The zero-order chi connectivity index (χ0) is 17.1. The minimum absolute atomic E-state index is 0.0930. The third-order valence-corrected chi connectivity index (χ3v) is 5.11. The van der Waals surface area contributed by atoms with E-state index in [1.54, 1.807) is 24.1 Å². The highest BCUT2D eigenvalue weighted by Gasteiger charge is 2.39. The average Bonchev–Trinajstić information content (AvgIpc) is 2.99. The number of halogens is 2. The van der Waals surface area contributed by atoms with Gasteiger partial charge in [0.1, 0.15) is 5.75 Å². The third kappa shape index (κ3) is 4.04. The molecule has 1 saturated carbocycles. The van der Waals surface area contributed by atoms with Gasteiger partial charge in [-0.3, -0.25) is 4.79 Å². The normalized spacial score (nSPS) is 26.2. The number of ether oxygens (including phenoxy) is 1. The molecule has 2 aliphatic rings. The maximum atomic E-state index is 12.6. The summed E-state index contributed by atoms with van der Waals surface area (Å²) < 4.78 is 28.6. The van der Waals surface area contributed by atoms with E-state index in [0.717, 1.165) is 12.0 Å². The molecule has 1 aromatic rings. The summed E-state index contributed by atoms with van der Waals surface area (Å²) in [7, 11) is 1.79. The van der Waals surface area contributed by atoms with Gasteiger partial charge < -0.3 is 15.0 Å². The predicted octanol–water partition coefficient (Wildman–Crippen LogP) is 3.17. The second-order valence-corrected chi connectivity index (χ2v) is 6.82. The number of alkyl halides is 2. The van der Waals surface area contributed by atoms with E-state index in [1.165, 1.54) is 37.8 Å². The summed E-state index contributed by atoms with van der Waals surface area (Å²) >= 11 is 0. The van der Waals surface area contributed by atoms with E-state index >= 15 is 0 Å². The second-order valence-electron chi connectivity index (χ2n) is 6.82. The molecule has 0 bridgehead atoms. The molecule has 0 spiro atoms. The SMILES string of the molecule is CN(Cc1ccc(OC(F)F)cc1)C(=O)C1CC2CCCCC2N1. The van der Waals surface area contributed by atoms with Gasteiger partial charge in [-0.05, 0) is 42.9 Å². The van der Waals surface area contributed by atoms with Crippen LogP contribution in [0.2, 0.25) is 0 Å². The van der Waals surface area contributed by atoms with Crippen molar-refractivity contribution in [2.75, 3.05) is 7.05 Å². The van der Waals surface area contributed by atoms with Crippen molar-refractivity contribution in [2.24, 2.45) is 5.92 Å². The number of hydrogen-bond acceptors (Lipinski definition) is 3. The van der Waals surface area contributed by atoms with Gasteiger partial charge in [-0.15, -0.1) is 0 Å². The number of rotatable bonds is 5. The predicted molar refractivity (Wildman–Crippen MR) is 86.8 cm³/mol. The van der Waals surface area contributed by atoms with E-state index in [-0.39, 0.29) is 17.7 Å². The van der Waals surface area contributed by atoms with E-state index in [0.29, 0.717) is 18.5 Å². The van der Waals surface area contributed by atoms with Gasteiger partial charge in [0.15, 0.2) is 0 Å². The molecule has 1 saturated heterocycles. The first-order chi connectivity index (χ1) is 11.5. The lowest BCUT2D eigenvalue weighted by Gasteiger charge is -2.24. The fraction of sp³-hybridized carbons (Fsp3) is 0.611. The Morgan fingerprint density at radius 2 is 2.00 bits per heavy atom. The number of likely N-dealkylation sites (N-methyl/N-ethyl adjacent to an activating group) is 1. The van der Waals surface area contributed by atoms with Crippen molar-refractivity contribution >= 4 is 5.91 Å². The van der Waals surface area contributed by atoms with Gasteiger partial charge in [0, 0.05) is 19.6 Å². The zero-order valence-electron chi connectivity index (χ0n) is 13.9. The van der Waals surface area contributed by atoms with Gasteiger partial charge >= 0.3 is 6.61 Å². The second kappa shape index (κ2) is 7.47. The maximum absolute atomic E-state index is 12.6. The molecule has 0 radical (unpaired) electrons. The Morgan fingerprint density at radius 3 is 2.67 bits per heavy atom. The van der Waals surface area contributed by atoms with Crippen molar-refractivity contribution in [1.82, 2.24) is 10.2 Å². The number of nitrogens with zero attached hydrogens (tertiary/aromatic N) is 1. The number of benzene rings is 1. The molecule has 24 heavy (non-hydrogen) atoms. The third-order valence-electron chi connectivity index (χ3n) is 5.11. The molecule has 4 nitrogen and oxygen atoms in total. The average molecular weight is 338 g/mol. The molecule has 2 fully saturated rings. The molecular formula is C18H24F2N2O2. The van der Waals surface area contributed by atoms with Crippen LogP contribution in [0.1, 0.15) is 37.7 Å². The quantitative estimate of drug-likeness (QED) is 0.897. The van der Waals surface area contributed by atoms with Gasteiger partial charge in [0.2, 0.25) is 5.91 Å². The lowest BCUT2D eigenvalue weighted by molar-refractivity contribution is -0.132. The van der Waals surface area contributed by atoms with Crippen LogP contribution in [-0.4, -0.2) is 36.5 Å². The Balaban J connectivity index is 1.54. The summed E-state index contributed by atoms with van der Waals surface area (Å²) in [6.07, 6.45) is 5.83. The summed E-state index contributed by atoms with van der Waals surface area (Å²) in [5.41, 5.74) is 0.892. The Morgan fingerprint density at radius 1 is 1.29 bits per heavy atom. The van der Waals surface area contributed by atoms with E-state index in [4.69, 9.17) is 0 Å². The lowest BCUT2D eigenvalue weighted by atomic mass is 9.85. The summed E-state index contributed by atoms with van der Waals surface area (Å²) in [6.45, 7) is -2.36. The molecule has 3 unspecified atom stereocenters. The molecule has 0 aromatic heterocycles. The highest BCUT2D eigenvalue weighted by Crippen LogP contribution is 2.33. The number of carbonyl (C=O) groups is 1. The van der Waals surface area contributed by atoms with Gasteiger partial charge in [-0.2, -0.15) is 8.78 Å². The largest absolute Gasteiger partial charge is 0.435 e. The first-order valence-corrected chi connectivity index (χ1v) is 8.57. The van der Waals surface area contributed by atoms with Crippen molar-refractivity contribution < 1.29 is 18.3 Å². The molecule has 1 aliphatic carbocycles. The summed E-state index contributed by atoms with van der Waals surface area (Å²) in [5, 5.41) is 3.50. The van der Waals surface area contributed by atoms with Crippen LogP contribution in [0.15, 0.2) is 24.3 Å². The molecule has 6 heteroatoms.